The van der Waals surface area contributed by atoms with Crippen molar-refractivity contribution in [3.8, 4) is 17.6 Å². The van der Waals surface area contributed by atoms with Gasteiger partial charge >= 0.3 is 0 Å². The third-order valence-electron chi connectivity index (χ3n) is 3.14. The molecule has 0 saturated heterocycles. The molecular weight excluding hydrogens is 294 g/mol. The average molecular weight is 311 g/mol. The maximum Gasteiger partial charge on any atom is 0.194 e. The lowest BCUT2D eigenvalue weighted by atomic mass is 10.1. The summed E-state index contributed by atoms with van der Waals surface area (Å²) in [5, 5.41) is 22.6. The van der Waals surface area contributed by atoms with Crippen LogP contribution in [0, 0.1) is 16.7 Å². The monoisotopic (exact) mass is 311 g/mol. The molecule has 0 aliphatic heterocycles. The van der Waals surface area contributed by atoms with Crippen molar-refractivity contribution < 1.29 is 9.47 Å². The van der Waals surface area contributed by atoms with E-state index < -0.39 is 0 Å². The fourth-order valence-corrected chi connectivity index (χ4v) is 2.04. The van der Waals surface area contributed by atoms with E-state index >= 15 is 0 Å². The lowest BCUT2D eigenvalue weighted by molar-refractivity contribution is 0.384. The highest BCUT2D eigenvalue weighted by Gasteiger charge is 2.11. The summed E-state index contributed by atoms with van der Waals surface area (Å²) in [5.41, 5.74) is 1.17. The minimum absolute atomic E-state index is 0.0214. The molecular formula is C16H17N5O2. The van der Waals surface area contributed by atoms with E-state index in [1.165, 1.54) is 0 Å². The van der Waals surface area contributed by atoms with Crippen molar-refractivity contribution in [1.82, 2.24) is 10.3 Å². The largest absolute Gasteiger partial charge is 0.496 e. The highest BCUT2D eigenvalue weighted by molar-refractivity contribution is 5.91. The van der Waals surface area contributed by atoms with Gasteiger partial charge in [-0.25, -0.2) is 4.98 Å². The third-order valence-corrected chi connectivity index (χ3v) is 3.14. The molecule has 1 aromatic heterocycles. The molecule has 0 amide bonds. The minimum atomic E-state index is 0.0214. The predicted octanol–water partition coefficient (Wildman–Crippen LogP) is 2.11. The number of hydrogen-bond acceptors (Lipinski definition) is 5. The molecule has 7 nitrogen and oxygen atoms in total. The van der Waals surface area contributed by atoms with Crippen molar-refractivity contribution in [2.24, 2.45) is 0 Å². The van der Waals surface area contributed by atoms with Crippen molar-refractivity contribution in [1.29, 1.82) is 10.7 Å². The van der Waals surface area contributed by atoms with Crippen LogP contribution in [-0.2, 0) is 6.54 Å². The number of hydrogen-bond donors (Lipinski definition) is 3. The van der Waals surface area contributed by atoms with E-state index in [4.69, 9.17) is 20.1 Å². The molecule has 118 valence electrons. The Labute approximate surface area is 134 Å². The Bertz CT molecular complexity index is 717. The third kappa shape index (κ3) is 3.89. The molecule has 3 N–H and O–H groups in total. The van der Waals surface area contributed by atoms with E-state index in [1.54, 1.807) is 32.5 Å². The predicted molar refractivity (Wildman–Crippen MR) is 86.7 cm³/mol. The zero-order valence-corrected chi connectivity index (χ0v) is 12.9. The first-order chi connectivity index (χ1) is 11.2. The van der Waals surface area contributed by atoms with Gasteiger partial charge < -0.3 is 20.1 Å². The van der Waals surface area contributed by atoms with Crippen molar-refractivity contribution in [2.75, 3.05) is 19.5 Å². The number of guanidine groups is 1. The number of nitrogens with one attached hydrogen (secondary N) is 3. The first kappa shape index (κ1) is 16.1. The Morgan fingerprint density at radius 1 is 1.22 bits per heavy atom. The molecule has 23 heavy (non-hydrogen) atoms. The van der Waals surface area contributed by atoms with E-state index in [0.29, 0.717) is 29.4 Å². The van der Waals surface area contributed by atoms with Crippen LogP contribution >= 0.6 is 0 Å². The van der Waals surface area contributed by atoms with Gasteiger partial charge in [0.1, 0.15) is 17.6 Å². The van der Waals surface area contributed by atoms with E-state index in [-0.39, 0.29) is 5.96 Å². The summed E-state index contributed by atoms with van der Waals surface area (Å²) in [6, 6.07) is 10.8. The van der Waals surface area contributed by atoms with Gasteiger partial charge in [0.2, 0.25) is 0 Å². The van der Waals surface area contributed by atoms with E-state index in [2.05, 4.69) is 15.6 Å². The Balaban J connectivity index is 2.07. The molecule has 0 atom stereocenters. The molecule has 7 heteroatoms. The van der Waals surface area contributed by atoms with Crippen molar-refractivity contribution in [2.45, 2.75) is 6.54 Å². The van der Waals surface area contributed by atoms with Gasteiger partial charge in [0.15, 0.2) is 11.8 Å². The molecule has 0 unspecified atom stereocenters. The van der Waals surface area contributed by atoms with Crippen LogP contribution in [0.2, 0.25) is 0 Å². The maximum absolute atomic E-state index is 9.02. The number of nitrogens with zero attached hydrogens (tertiary/aromatic N) is 2. The quantitative estimate of drug-likeness (QED) is 0.577. The van der Waals surface area contributed by atoms with Gasteiger partial charge in [-0.2, -0.15) is 5.26 Å². The summed E-state index contributed by atoms with van der Waals surface area (Å²) in [4.78, 5) is 4.05. The molecule has 0 aliphatic carbocycles. The number of pyridine rings is 1. The molecule has 0 aliphatic rings. The lowest BCUT2D eigenvalue weighted by Crippen LogP contribution is -2.30. The number of aromatic nitrogens is 1. The number of anilines is 1. The molecule has 0 fully saturated rings. The minimum Gasteiger partial charge on any atom is -0.496 e. The molecule has 0 radical (unpaired) electrons. The average Bonchev–Trinajstić information content (AvgIpc) is 2.59. The standard InChI is InChI=1S/C16H17N5O2/c1-22-13-6-3-7-14(23-2)12(13)10-20-16(18)21-15-11(9-17)5-4-8-19-15/h3-8H,10H2,1-2H3,(H3,18,19,20,21). The van der Waals surface area contributed by atoms with Crippen molar-refractivity contribution in [3.63, 3.8) is 0 Å². The van der Waals surface area contributed by atoms with Crippen LogP contribution in [0.15, 0.2) is 36.5 Å². The van der Waals surface area contributed by atoms with Crippen LogP contribution in [0.5, 0.6) is 11.5 Å². The number of ether oxygens (including phenoxy) is 2. The van der Waals surface area contributed by atoms with Crippen LogP contribution in [0.1, 0.15) is 11.1 Å². The molecule has 1 aromatic carbocycles. The van der Waals surface area contributed by atoms with E-state index in [0.717, 1.165) is 5.56 Å². The van der Waals surface area contributed by atoms with E-state index in [9.17, 15) is 0 Å². The highest BCUT2D eigenvalue weighted by atomic mass is 16.5. The summed E-state index contributed by atoms with van der Waals surface area (Å²) in [6.07, 6.45) is 1.56. The van der Waals surface area contributed by atoms with Crippen LogP contribution < -0.4 is 20.1 Å². The lowest BCUT2D eigenvalue weighted by Gasteiger charge is -2.15. The summed E-state index contributed by atoms with van der Waals surface area (Å²) in [7, 11) is 3.16. The number of rotatable bonds is 5. The number of benzene rings is 1. The van der Waals surface area contributed by atoms with Crippen LogP contribution in [0.3, 0.4) is 0 Å². The SMILES string of the molecule is COc1cccc(OC)c1CNC(=N)Nc1ncccc1C#N. The maximum atomic E-state index is 9.02. The smallest absolute Gasteiger partial charge is 0.194 e. The topological polar surface area (TPSA) is 103 Å². The molecule has 0 bridgehead atoms. The summed E-state index contributed by atoms with van der Waals surface area (Å²) in [5.74, 6) is 1.69. The van der Waals surface area contributed by atoms with Crippen LogP contribution in [0.25, 0.3) is 0 Å². The fourth-order valence-electron chi connectivity index (χ4n) is 2.04. The molecule has 2 rings (SSSR count). The molecule has 0 saturated carbocycles. The van der Waals surface area contributed by atoms with Gasteiger partial charge in [0.05, 0.1) is 31.9 Å². The Morgan fingerprint density at radius 3 is 2.52 bits per heavy atom. The van der Waals surface area contributed by atoms with E-state index in [1.807, 2.05) is 24.3 Å². The van der Waals surface area contributed by atoms with Gasteiger partial charge in [0, 0.05) is 6.20 Å². The summed E-state index contributed by atoms with van der Waals surface area (Å²) in [6.45, 7) is 0.327. The van der Waals surface area contributed by atoms with Gasteiger partial charge in [-0.15, -0.1) is 0 Å². The summed E-state index contributed by atoms with van der Waals surface area (Å²) >= 11 is 0. The zero-order valence-electron chi connectivity index (χ0n) is 12.9. The Morgan fingerprint density at radius 2 is 1.91 bits per heavy atom. The van der Waals surface area contributed by atoms with Gasteiger partial charge in [-0.1, -0.05) is 6.07 Å². The Kier molecular flexibility index (Phi) is 5.36. The first-order valence-electron chi connectivity index (χ1n) is 6.84. The normalized spacial score (nSPS) is 9.61. The first-order valence-corrected chi connectivity index (χ1v) is 6.84. The number of methoxy groups -OCH3 is 2. The molecule has 2 aromatic rings. The second-order valence-corrected chi connectivity index (χ2v) is 4.51. The fraction of sp³-hybridized carbons (Fsp3) is 0.188. The second-order valence-electron chi connectivity index (χ2n) is 4.51. The molecule has 0 spiro atoms. The second kappa shape index (κ2) is 7.66. The van der Waals surface area contributed by atoms with Gasteiger partial charge in [-0.05, 0) is 24.3 Å². The summed E-state index contributed by atoms with van der Waals surface area (Å²) < 4.78 is 10.6. The zero-order chi connectivity index (χ0) is 16.7. The Hall–Kier alpha value is -3.27. The number of nitriles is 1. The van der Waals surface area contributed by atoms with Crippen LogP contribution in [-0.4, -0.2) is 25.2 Å². The van der Waals surface area contributed by atoms with Gasteiger partial charge in [-0.3, -0.25) is 5.41 Å². The van der Waals surface area contributed by atoms with Crippen molar-refractivity contribution in [3.05, 3.63) is 47.7 Å². The van der Waals surface area contributed by atoms with Gasteiger partial charge in [0.25, 0.3) is 0 Å². The van der Waals surface area contributed by atoms with Crippen molar-refractivity contribution >= 4 is 11.8 Å². The molecule has 1 heterocycles. The highest BCUT2D eigenvalue weighted by Crippen LogP contribution is 2.27. The van der Waals surface area contributed by atoms with Crippen LogP contribution in [0.4, 0.5) is 5.82 Å².